The van der Waals surface area contributed by atoms with E-state index in [-0.39, 0.29) is 17.1 Å². The van der Waals surface area contributed by atoms with E-state index in [9.17, 15) is 15.4 Å². The highest BCUT2D eigenvalue weighted by Crippen LogP contribution is 2.24. The van der Waals surface area contributed by atoms with Crippen LogP contribution in [0.25, 0.3) is 11.3 Å². The van der Waals surface area contributed by atoms with Gasteiger partial charge in [0.05, 0.1) is 10.6 Å². The molecule has 0 aliphatic rings. The molecule has 0 bridgehead atoms. The Hall–Kier alpha value is -3.57. The van der Waals surface area contributed by atoms with Gasteiger partial charge in [0.25, 0.3) is 5.69 Å². The van der Waals surface area contributed by atoms with Crippen molar-refractivity contribution in [2.45, 2.75) is 0 Å². The van der Waals surface area contributed by atoms with Crippen molar-refractivity contribution in [3.8, 4) is 17.3 Å². The summed E-state index contributed by atoms with van der Waals surface area (Å²) in [5, 5.41) is 26.6. The fraction of sp³-hybridized carbons (Fsp3) is 0. The van der Waals surface area contributed by atoms with Crippen LogP contribution in [0, 0.1) is 21.4 Å². The van der Waals surface area contributed by atoms with Gasteiger partial charge in [0, 0.05) is 17.0 Å². The van der Waals surface area contributed by atoms with Gasteiger partial charge in [0.2, 0.25) is 0 Å². The van der Waals surface area contributed by atoms with E-state index < -0.39 is 4.92 Å². The summed E-state index contributed by atoms with van der Waals surface area (Å²) in [6.45, 7) is 0. The fourth-order valence-corrected chi connectivity index (χ4v) is 2.85. The van der Waals surface area contributed by atoms with Crippen LogP contribution in [0.15, 0.2) is 65.1 Å². The molecular weight excluding hydrogens is 338 g/mol. The number of nitriles is 1. The molecule has 0 saturated heterocycles. The minimum Gasteiger partial charge on any atom is -0.270 e. The lowest BCUT2D eigenvalue weighted by Crippen LogP contribution is -2.03. The third-order valence-electron chi connectivity index (χ3n) is 3.27. The summed E-state index contributed by atoms with van der Waals surface area (Å²) in [6, 6.07) is 17.6. The van der Waals surface area contributed by atoms with Gasteiger partial charge in [-0.25, -0.2) is 4.98 Å². The quantitative estimate of drug-likeness (QED) is 0.425. The van der Waals surface area contributed by atoms with Crippen LogP contribution in [0.5, 0.6) is 0 Å². The average molecular weight is 349 g/mol. The van der Waals surface area contributed by atoms with E-state index in [2.05, 4.69) is 15.5 Å². The van der Waals surface area contributed by atoms with Crippen LogP contribution in [0.4, 0.5) is 11.4 Å². The Labute approximate surface area is 147 Å². The number of para-hydroxylation sites is 2. The third-order valence-corrected chi connectivity index (χ3v) is 4.12. The van der Waals surface area contributed by atoms with Crippen molar-refractivity contribution in [2.24, 2.45) is 5.10 Å². The molecule has 8 heteroatoms. The second-order valence-corrected chi connectivity index (χ2v) is 5.72. The van der Waals surface area contributed by atoms with E-state index >= 15 is 0 Å². The smallest absolute Gasteiger partial charge is 0.270 e. The lowest BCUT2D eigenvalue weighted by Gasteiger charge is -2.01. The van der Waals surface area contributed by atoms with Crippen molar-refractivity contribution in [2.75, 3.05) is 5.43 Å². The highest BCUT2D eigenvalue weighted by atomic mass is 32.1. The average Bonchev–Trinajstić information content (AvgIpc) is 3.13. The Morgan fingerprint density at radius 2 is 1.92 bits per heavy atom. The fourth-order valence-electron chi connectivity index (χ4n) is 2.09. The second-order valence-electron chi connectivity index (χ2n) is 4.86. The molecule has 122 valence electrons. The molecule has 0 aliphatic carbocycles. The molecule has 0 fully saturated rings. The number of benzene rings is 2. The van der Waals surface area contributed by atoms with E-state index in [0.717, 1.165) is 11.3 Å². The van der Waals surface area contributed by atoms with Gasteiger partial charge in [-0.15, -0.1) is 11.3 Å². The van der Waals surface area contributed by atoms with E-state index in [1.54, 1.807) is 12.1 Å². The number of anilines is 1. The molecule has 0 unspecified atom stereocenters. The van der Waals surface area contributed by atoms with Gasteiger partial charge in [-0.2, -0.15) is 10.4 Å². The van der Waals surface area contributed by atoms with Crippen LogP contribution in [-0.4, -0.2) is 15.6 Å². The molecule has 3 aromatic rings. The first-order chi connectivity index (χ1) is 12.2. The summed E-state index contributed by atoms with van der Waals surface area (Å²) in [7, 11) is 0. The van der Waals surface area contributed by atoms with Gasteiger partial charge in [0.1, 0.15) is 11.8 Å². The maximum absolute atomic E-state index is 11.0. The molecule has 1 aromatic heterocycles. The number of nitrogens with one attached hydrogen (secondary N) is 1. The lowest BCUT2D eigenvalue weighted by atomic mass is 10.2. The predicted molar refractivity (Wildman–Crippen MR) is 96.4 cm³/mol. The summed E-state index contributed by atoms with van der Waals surface area (Å²) in [5.74, 6) is 0. The first kappa shape index (κ1) is 16.3. The summed E-state index contributed by atoms with van der Waals surface area (Å²) in [5.41, 5.74) is 4.42. The number of aromatic nitrogens is 1. The highest BCUT2D eigenvalue weighted by molar-refractivity contribution is 7.12. The molecular formula is C17H11N5O2S. The van der Waals surface area contributed by atoms with E-state index in [1.165, 1.54) is 23.5 Å². The summed E-state index contributed by atoms with van der Waals surface area (Å²) in [6.07, 6.45) is 0. The number of nitrogens with zero attached hydrogens (tertiary/aromatic N) is 4. The molecule has 7 nitrogen and oxygen atoms in total. The maximum Gasteiger partial charge on any atom is 0.294 e. The number of nitro groups is 1. The minimum absolute atomic E-state index is 0.0605. The zero-order chi connectivity index (χ0) is 17.6. The molecule has 1 N–H and O–H groups in total. The molecule has 0 aliphatic heterocycles. The molecule has 25 heavy (non-hydrogen) atoms. The number of hydrogen-bond acceptors (Lipinski definition) is 7. The van der Waals surface area contributed by atoms with Crippen molar-refractivity contribution >= 4 is 28.4 Å². The Kier molecular flexibility index (Phi) is 4.78. The predicted octanol–water partition coefficient (Wildman–Crippen LogP) is 4.06. The zero-order valence-corrected chi connectivity index (χ0v) is 13.6. The van der Waals surface area contributed by atoms with Gasteiger partial charge in [0.15, 0.2) is 10.7 Å². The normalized spacial score (nSPS) is 10.9. The van der Waals surface area contributed by atoms with Crippen molar-refractivity contribution < 1.29 is 4.92 Å². The maximum atomic E-state index is 11.0. The largest absolute Gasteiger partial charge is 0.294 e. The van der Waals surface area contributed by atoms with E-state index in [0.29, 0.717) is 5.01 Å². The second kappa shape index (κ2) is 7.33. The summed E-state index contributed by atoms with van der Waals surface area (Å²) < 4.78 is 0. The Bertz CT molecular complexity index is 976. The van der Waals surface area contributed by atoms with Gasteiger partial charge in [-0.3, -0.25) is 15.5 Å². The van der Waals surface area contributed by atoms with Crippen LogP contribution in [0.2, 0.25) is 0 Å². The zero-order valence-electron chi connectivity index (χ0n) is 12.8. The molecule has 1 heterocycles. The number of hydrogen-bond donors (Lipinski definition) is 1. The Morgan fingerprint density at radius 3 is 2.64 bits per heavy atom. The van der Waals surface area contributed by atoms with Crippen LogP contribution in [0.3, 0.4) is 0 Å². The first-order valence-corrected chi connectivity index (χ1v) is 8.05. The van der Waals surface area contributed by atoms with Crippen molar-refractivity contribution in [3.05, 3.63) is 75.1 Å². The van der Waals surface area contributed by atoms with Gasteiger partial charge >= 0.3 is 0 Å². The van der Waals surface area contributed by atoms with Gasteiger partial charge < -0.3 is 0 Å². The molecule has 0 radical (unpaired) electrons. The summed E-state index contributed by atoms with van der Waals surface area (Å²) in [4.78, 5) is 14.9. The van der Waals surface area contributed by atoms with Crippen molar-refractivity contribution in [1.82, 2.24) is 4.98 Å². The van der Waals surface area contributed by atoms with Crippen LogP contribution in [-0.2, 0) is 0 Å². The molecule has 2 aromatic carbocycles. The van der Waals surface area contributed by atoms with Crippen LogP contribution >= 0.6 is 11.3 Å². The molecule has 0 amide bonds. The number of thiazole rings is 1. The summed E-state index contributed by atoms with van der Waals surface area (Å²) >= 11 is 1.28. The van der Waals surface area contributed by atoms with Crippen molar-refractivity contribution in [3.63, 3.8) is 0 Å². The standard InChI is InChI=1S/C17H11N5O2S/c18-10-14(21-20-13-8-4-5-9-16(13)22(23)24)17-19-15(11-25-17)12-6-2-1-3-7-12/h1-9,11,20H/b21-14-. The molecule has 0 atom stereocenters. The van der Waals surface area contributed by atoms with Crippen LogP contribution < -0.4 is 5.43 Å². The lowest BCUT2D eigenvalue weighted by molar-refractivity contribution is -0.384. The monoisotopic (exact) mass is 349 g/mol. The van der Waals surface area contributed by atoms with E-state index in [1.807, 2.05) is 41.8 Å². The van der Waals surface area contributed by atoms with Crippen molar-refractivity contribution in [1.29, 1.82) is 5.26 Å². The first-order valence-electron chi connectivity index (χ1n) is 7.17. The Balaban J connectivity index is 1.87. The Morgan fingerprint density at radius 1 is 1.20 bits per heavy atom. The number of rotatable bonds is 5. The number of hydrazone groups is 1. The topological polar surface area (TPSA) is 104 Å². The SMILES string of the molecule is N#C/C(=N/Nc1ccccc1[N+](=O)[O-])c1nc(-c2ccccc2)cs1. The van der Waals surface area contributed by atoms with Gasteiger partial charge in [-0.1, -0.05) is 42.5 Å². The number of nitro benzene ring substituents is 1. The molecule has 3 rings (SSSR count). The molecule has 0 spiro atoms. The molecule has 0 saturated carbocycles. The third kappa shape index (κ3) is 3.68. The highest BCUT2D eigenvalue weighted by Gasteiger charge is 2.14. The van der Waals surface area contributed by atoms with Gasteiger partial charge in [-0.05, 0) is 6.07 Å². The van der Waals surface area contributed by atoms with E-state index in [4.69, 9.17) is 0 Å². The van der Waals surface area contributed by atoms with Crippen LogP contribution in [0.1, 0.15) is 5.01 Å². The minimum atomic E-state index is -0.513.